The molecule has 1 heterocycles. The zero-order valence-electron chi connectivity index (χ0n) is 11.7. The number of pyridine rings is 1. The van der Waals surface area contributed by atoms with E-state index in [-0.39, 0.29) is 11.5 Å². The van der Waals surface area contributed by atoms with Crippen molar-refractivity contribution in [2.24, 2.45) is 5.73 Å². The van der Waals surface area contributed by atoms with Gasteiger partial charge in [0.15, 0.2) is 0 Å². The number of aromatic nitrogens is 1. The Kier molecular flexibility index (Phi) is 3.83. The van der Waals surface area contributed by atoms with Gasteiger partial charge in [-0.05, 0) is 40.4 Å². The lowest BCUT2D eigenvalue weighted by Crippen LogP contribution is -2.29. The Hall–Kier alpha value is -2.37. The van der Waals surface area contributed by atoms with Crippen LogP contribution in [0.3, 0.4) is 0 Å². The molecule has 6 heteroatoms. The highest BCUT2D eigenvalue weighted by molar-refractivity contribution is 6.32. The van der Waals surface area contributed by atoms with E-state index in [9.17, 15) is 9.59 Å². The third-order valence-corrected chi connectivity index (χ3v) is 3.74. The third-order valence-electron chi connectivity index (χ3n) is 3.51. The van der Waals surface area contributed by atoms with E-state index in [0.717, 1.165) is 0 Å². The van der Waals surface area contributed by atoms with Gasteiger partial charge in [0.25, 0.3) is 11.5 Å². The van der Waals surface area contributed by atoms with Crippen LogP contribution in [0.25, 0.3) is 21.5 Å². The van der Waals surface area contributed by atoms with Crippen molar-refractivity contribution < 1.29 is 4.79 Å². The molecule has 0 spiro atoms. The summed E-state index contributed by atoms with van der Waals surface area (Å²) in [4.78, 5) is 27.1. The highest BCUT2D eigenvalue weighted by atomic mass is 35.5. The van der Waals surface area contributed by atoms with Crippen molar-refractivity contribution in [2.75, 3.05) is 13.1 Å². The Labute approximate surface area is 131 Å². The van der Waals surface area contributed by atoms with Crippen LogP contribution < -0.4 is 16.6 Å². The van der Waals surface area contributed by atoms with Crippen molar-refractivity contribution in [3.63, 3.8) is 0 Å². The summed E-state index contributed by atoms with van der Waals surface area (Å²) in [7, 11) is 0. The monoisotopic (exact) mass is 315 g/mol. The van der Waals surface area contributed by atoms with E-state index in [4.69, 9.17) is 17.3 Å². The van der Waals surface area contributed by atoms with Gasteiger partial charge in [0.1, 0.15) is 0 Å². The molecule has 22 heavy (non-hydrogen) atoms. The van der Waals surface area contributed by atoms with Gasteiger partial charge in [-0.2, -0.15) is 0 Å². The first-order valence-electron chi connectivity index (χ1n) is 6.84. The molecule has 0 aliphatic heterocycles. The smallest absolute Gasteiger partial charge is 0.256 e. The Bertz CT molecular complexity index is 934. The van der Waals surface area contributed by atoms with E-state index >= 15 is 0 Å². The molecule has 2 aromatic carbocycles. The van der Waals surface area contributed by atoms with E-state index < -0.39 is 0 Å². The summed E-state index contributed by atoms with van der Waals surface area (Å²) < 4.78 is 0. The molecule has 5 nitrogen and oxygen atoms in total. The third kappa shape index (κ3) is 2.45. The summed E-state index contributed by atoms with van der Waals surface area (Å²) in [5.74, 6) is -0.236. The molecule has 0 saturated carbocycles. The maximum Gasteiger partial charge on any atom is 0.256 e. The van der Waals surface area contributed by atoms with Crippen LogP contribution in [0.2, 0.25) is 5.02 Å². The number of benzene rings is 2. The number of nitrogens with two attached hydrogens (primary N) is 1. The average molecular weight is 316 g/mol. The number of hydrogen-bond donors (Lipinski definition) is 3. The van der Waals surface area contributed by atoms with Crippen LogP contribution in [-0.4, -0.2) is 24.0 Å². The van der Waals surface area contributed by atoms with Crippen molar-refractivity contribution >= 4 is 39.1 Å². The van der Waals surface area contributed by atoms with Crippen molar-refractivity contribution in [3.8, 4) is 0 Å². The number of carbonyl (C=O) groups is 1. The molecule has 0 aliphatic carbocycles. The molecule has 0 fully saturated rings. The summed E-state index contributed by atoms with van der Waals surface area (Å²) in [5.41, 5.74) is 5.70. The Morgan fingerprint density at radius 2 is 2.05 bits per heavy atom. The number of nitrogens with one attached hydrogen (secondary N) is 2. The fraction of sp³-hybridized carbons (Fsp3) is 0.125. The van der Waals surface area contributed by atoms with Crippen LogP contribution in [0.1, 0.15) is 10.4 Å². The molecule has 3 rings (SSSR count). The highest BCUT2D eigenvalue weighted by Gasteiger charge is 2.14. The zero-order chi connectivity index (χ0) is 15.7. The van der Waals surface area contributed by atoms with Gasteiger partial charge in [-0.3, -0.25) is 9.59 Å². The number of hydrogen-bond acceptors (Lipinski definition) is 3. The Balaban J connectivity index is 2.37. The fourth-order valence-corrected chi connectivity index (χ4v) is 2.72. The molecule has 0 atom stereocenters. The number of amides is 1. The summed E-state index contributed by atoms with van der Waals surface area (Å²) in [6, 6.07) is 8.63. The first-order valence-corrected chi connectivity index (χ1v) is 7.21. The van der Waals surface area contributed by atoms with Crippen LogP contribution in [0.15, 0.2) is 41.3 Å². The number of carbonyl (C=O) groups excluding carboxylic acids is 1. The standard InChI is InChI=1S/C16H14ClN3O2/c17-10-1-2-11-12(8-10)13(15(21)20-6-4-18)7-9-3-5-19-16(22)14(9)11/h1-3,5,7-8H,4,6,18H2,(H,19,22)(H,20,21). The Morgan fingerprint density at radius 1 is 1.23 bits per heavy atom. The first-order chi connectivity index (χ1) is 10.6. The van der Waals surface area contributed by atoms with Gasteiger partial charge in [0, 0.05) is 29.9 Å². The normalized spacial score (nSPS) is 11.0. The molecule has 112 valence electrons. The second-order valence-electron chi connectivity index (χ2n) is 4.93. The summed E-state index contributed by atoms with van der Waals surface area (Å²) in [6.45, 7) is 0.742. The summed E-state index contributed by atoms with van der Waals surface area (Å²) in [5, 5.41) is 5.84. The van der Waals surface area contributed by atoms with Crippen molar-refractivity contribution in [1.82, 2.24) is 10.3 Å². The lowest BCUT2D eigenvalue weighted by atomic mass is 9.98. The molecular formula is C16H14ClN3O2. The molecule has 3 aromatic rings. The van der Waals surface area contributed by atoms with Gasteiger partial charge in [0.05, 0.1) is 5.39 Å². The van der Waals surface area contributed by atoms with Gasteiger partial charge in [-0.1, -0.05) is 17.7 Å². The van der Waals surface area contributed by atoms with Crippen LogP contribution in [0.4, 0.5) is 0 Å². The van der Waals surface area contributed by atoms with E-state index in [1.54, 1.807) is 36.5 Å². The van der Waals surface area contributed by atoms with Gasteiger partial charge < -0.3 is 16.0 Å². The minimum atomic E-state index is -0.236. The van der Waals surface area contributed by atoms with Crippen LogP contribution in [0.5, 0.6) is 0 Å². The van der Waals surface area contributed by atoms with Crippen LogP contribution in [-0.2, 0) is 0 Å². The van der Waals surface area contributed by atoms with E-state index in [1.807, 2.05) is 0 Å². The maximum atomic E-state index is 12.4. The highest BCUT2D eigenvalue weighted by Crippen LogP contribution is 2.28. The van der Waals surface area contributed by atoms with E-state index in [0.29, 0.717) is 45.2 Å². The number of halogens is 1. The Morgan fingerprint density at radius 3 is 2.82 bits per heavy atom. The van der Waals surface area contributed by atoms with Crippen molar-refractivity contribution in [2.45, 2.75) is 0 Å². The first kappa shape index (κ1) is 14.6. The SMILES string of the molecule is NCCNC(=O)c1cc2cc[nH]c(=O)c2c2ccc(Cl)cc12. The number of rotatable bonds is 3. The molecule has 4 N–H and O–H groups in total. The van der Waals surface area contributed by atoms with Gasteiger partial charge in [-0.25, -0.2) is 0 Å². The molecule has 0 bridgehead atoms. The minimum absolute atomic E-state index is 0.196. The number of fused-ring (bicyclic) bond motifs is 3. The van der Waals surface area contributed by atoms with Crippen LogP contribution in [0, 0.1) is 0 Å². The molecule has 0 unspecified atom stereocenters. The minimum Gasteiger partial charge on any atom is -0.351 e. The van der Waals surface area contributed by atoms with Crippen molar-refractivity contribution in [3.05, 3.63) is 57.5 Å². The molecule has 1 amide bonds. The van der Waals surface area contributed by atoms with Crippen LogP contribution >= 0.6 is 11.6 Å². The molecule has 1 aromatic heterocycles. The largest absolute Gasteiger partial charge is 0.351 e. The predicted molar refractivity (Wildman–Crippen MR) is 88.5 cm³/mol. The topological polar surface area (TPSA) is 88.0 Å². The second kappa shape index (κ2) is 5.79. The van der Waals surface area contributed by atoms with Gasteiger partial charge in [0.2, 0.25) is 0 Å². The lowest BCUT2D eigenvalue weighted by Gasteiger charge is -2.10. The molecular weight excluding hydrogens is 302 g/mol. The van der Waals surface area contributed by atoms with Gasteiger partial charge >= 0.3 is 0 Å². The molecule has 0 radical (unpaired) electrons. The summed E-state index contributed by atoms with van der Waals surface area (Å²) in [6.07, 6.45) is 1.56. The van der Waals surface area contributed by atoms with E-state index in [1.165, 1.54) is 0 Å². The lowest BCUT2D eigenvalue weighted by molar-refractivity contribution is 0.0956. The average Bonchev–Trinajstić information content (AvgIpc) is 2.51. The van der Waals surface area contributed by atoms with E-state index in [2.05, 4.69) is 10.3 Å². The maximum absolute atomic E-state index is 12.4. The van der Waals surface area contributed by atoms with Gasteiger partial charge in [-0.15, -0.1) is 0 Å². The quantitative estimate of drug-likeness (QED) is 0.646. The molecule has 0 aliphatic rings. The number of aromatic amines is 1. The second-order valence-corrected chi connectivity index (χ2v) is 5.37. The number of H-pyrrole nitrogens is 1. The molecule has 0 saturated heterocycles. The predicted octanol–water partition coefficient (Wildman–Crippen LogP) is 2.02. The zero-order valence-corrected chi connectivity index (χ0v) is 12.4. The van der Waals surface area contributed by atoms with Crippen molar-refractivity contribution in [1.29, 1.82) is 0 Å². The summed E-state index contributed by atoms with van der Waals surface area (Å²) >= 11 is 6.05. The fourth-order valence-electron chi connectivity index (χ4n) is 2.55.